The molecule has 0 spiro atoms. The van der Waals surface area contributed by atoms with Crippen molar-refractivity contribution < 1.29 is 0 Å². The molecule has 0 aliphatic rings. The number of halogens is 1. The molecule has 1 unspecified atom stereocenters. The molecule has 1 heterocycles. The zero-order valence-electron chi connectivity index (χ0n) is 11.5. The summed E-state index contributed by atoms with van der Waals surface area (Å²) in [6.07, 6.45) is 0. The minimum Gasteiger partial charge on any atom is -0.368 e. The first-order valence-electron chi connectivity index (χ1n) is 6.32. The van der Waals surface area contributed by atoms with Crippen LogP contribution in [0.3, 0.4) is 0 Å². The summed E-state index contributed by atoms with van der Waals surface area (Å²) in [6.45, 7) is 3.01. The maximum Gasteiger partial charge on any atom is 0.0642 e. The maximum absolute atomic E-state index is 6.40. The quantitative estimate of drug-likeness (QED) is 0.883. The van der Waals surface area contributed by atoms with E-state index in [1.54, 1.807) is 11.3 Å². The lowest BCUT2D eigenvalue weighted by atomic mass is 10.1. The summed E-state index contributed by atoms with van der Waals surface area (Å²) in [5.41, 5.74) is 2.28. The topological polar surface area (TPSA) is 15.3 Å². The largest absolute Gasteiger partial charge is 0.368 e. The van der Waals surface area contributed by atoms with E-state index in [0.717, 1.165) is 17.3 Å². The van der Waals surface area contributed by atoms with E-state index in [1.807, 2.05) is 13.1 Å². The molecule has 0 aliphatic carbocycles. The van der Waals surface area contributed by atoms with Gasteiger partial charge in [0.15, 0.2) is 0 Å². The predicted molar refractivity (Wildman–Crippen MR) is 85.4 cm³/mol. The number of hydrogen-bond acceptors (Lipinski definition) is 3. The predicted octanol–water partition coefficient (Wildman–Crippen LogP) is 4.32. The Bertz CT molecular complexity index is 525. The second-order valence-electron chi connectivity index (χ2n) is 4.66. The van der Waals surface area contributed by atoms with Crippen LogP contribution in [0.4, 0.5) is 5.69 Å². The highest BCUT2D eigenvalue weighted by Crippen LogP contribution is 2.29. The molecule has 1 N–H and O–H groups in total. The summed E-state index contributed by atoms with van der Waals surface area (Å²) < 4.78 is 0. The Labute approximate surface area is 124 Å². The van der Waals surface area contributed by atoms with Crippen molar-refractivity contribution in [2.45, 2.75) is 19.5 Å². The molecule has 2 rings (SSSR count). The number of thiophene rings is 1. The molecule has 0 saturated heterocycles. The average Bonchev–Trinajstić information content (AvgIpc) is 2.90. The van der Waals surface area contributed by atoms with Crippen LogP contribution in [0, 0.1) is 0 Å². The number of benzene rings is 1. The van der Waals surface area contributed by atoms with Crippen molar-refractivity contribution in [1.29, 1.82) is 0 Å². The van der Waals surface area contributed by atoms with Crippen LogP contribution >= 0.6 is 22.9 Å². The first-order valence-corrected chi connectivity index (χ1v) is 7.58. The summed E-state index contributed by atoms with van der Waals surface area (Å²) in [7, 11) is 4.03. The molecule has 0 radical (unpaired) electrons. The van der Waals surface area contributed by atoms with Crippen LogP contribution in [0.1, 0.15) is 23.4 Å². The second kappa shape index (κ2) is 6.42. The molecule has 0 saturated carbocycles. The number of rotatable bonds is 5. The number of nitrogens with one attached hydrogen (secondary N) is 1. The summed E-state index contributed by atoms with van der Waals surface area (Å²) in [5.74, 6) is 0. The van der Waals surface area contributed by atoms with E-state index in [0.29, 0.717) is 6.04 Å². The van der Waals surface area contributed by atoms with Crippen molar-refractivity contribution in [2.75, 3.05) is 19.0 Å². The van der Waals surface area contributed by atoms with Gasteiger partial charge in [-0.15, -0.1) is 11.3 Å². The normalized spacial score (nSPS) is 12.4. The van der Waals surface area contributed by atoms with Crippen LogP contribution in [0.25, 0.3) is 0 Å². The van der Waals surface area contributed by atoms with Gasteiger partial charge in [0.1, 0.15) is 0 Å². The SMILES string of the molecule is CNC(C)c1ccc(N(C)Cc2cccs2)c(Cl)c1. The molecule has 4 heteroatoms. The third kappa shape index (κ3) is 3.50. The zero-order valence-corrected chi connectivity index (χ0v) is 13.1. The molecule has 1 aromatic carbocycles. The zero-order chi connectivity index (χ0) is 13.8. The van der Waals surface area contributed by atoms with Gasteiger partial charge in [-0.05, 0) is 43.1 Å². The summed E-state index contributed by atoms with van der Waals surface area (Å²) in [4.78, 5) is 3.52. The van der Waals surface area contributed by atoms with Gasteiger partial charge in [-0.3, -0.25) is 0 Å². The number of nitrogens with zero attached hydrogens (tertiary/aromatic N) is 1. The number of anilines is 1. The summed E-state index contributed by atoms with van der Waals surface area (Å²) in [5, 5.41) is 6.13. The fourth-order valence-electron chi connectivity index (χ4n) is 1.99. The van der Waals surface area contributed by atoms with Crippen LogP contribution in [0.2, 0.25) is 5.02 Å². The molecule has 19 heavy (non-hydrogen) atoms. The fraction of sp³-hybridized carbons (Fsp3) is 0.333. The molecular formula is C15H19ClN2S. The Hall–Kier alpha value is -1.03. The number of hydrogen-bond donors (Lipinski definition) is 1. The molecule has 0 bridgehead atoms. The molecule has 0 fully saturated rings. The molecular weight excluding hydrogens is 276 g/mol. The minimum absolute atomic E-state index is 0.314. The lowest BCUT2D eigenvalue weighted by Gasteiger charge is -2.21. The standard InChI is InChI=1S/C15H19ClN2S/c1-11(17-2)12-6-7-15(14(16)9-12)18(3)10-13-5-4-8-19-13/h4-9,11,17H,10H2,1-3H3. The van der Waals surface area contributed by atoms with Gasteiger partial charge in [0, 0.05) is 18.0 Å². The van der Waals surface area contributed by atoms with Crippen LogP contribution in [-0.4, -0.2) is 14.1 Å². The second-order valence-corrected chi connectivity index (χ2v) is 6.10. The molecule has 102 valence electrons. The van der Waals surface area contributed by atoms with Crippen molar-refractivity contribution >= 4 is 28.6 Å². The molecule has 0 amide bonds. The third-order valence-corrected chi connectivity index (χ3v) is 4.45. The summed E-state index contributed by atoms with van der Waals surface area (Å²) in [6, 6.07) is 10.8. The third-order valence-electron chi connectivity index (χ3n) is 3.29. The van der Waals surface area contributed by atoms with Gasteiger partial charge >= 0.3 is 0 Å². The van der Waals surface area contributed by atoms with E-state index >= 15 is 0 Å². The Kier molecular flexibility index (Phi) is 4.86. The van der Waals surface area contributed by atoms with Crippen LogP contribution in [-0.2, 0) is 6.54 Å². The highest BCUT2D eigenvalue weighted by molar-refractivity contribution is 7.09. The van der Waals surface area contributed by atoms with Crippen molar-refractivity contribution in [1.82, 2.24) is 5.32 Å². The van der Waals surface area contributed by atoms with Crippen molar-refractivity contribution in [3.8, 4) is 0 Å². The molecule has 2 aromatic rings. The first kappa shape index (κ1) is 14.4. The molecule has 1 atom stereocenters. The van der Waals surface area contributed by atoms with Crippen molar-refractivity contribution in [3.63, 3.8) is 0 Å². The van der Waals surface area contributed by atoms with E-state index in [2.05, 4.69) is 53.8 Å². The highest BCUT2D eigenvalue weighted by atomic mass is 35.5. The minimum atomic E-state index is 0.314. The van der Waals surface area contributed by atoms with E-state index in [-0.39, 0.29) is 0 Å². The first-order chi connectivity index (χ1) is 9.11. The Morgan fingerprint density at radius 1 is 1.37 bits per heavy atom. The van der Waals surface area contributed by atoms with Crippen molar-refractivity contribution in [3.05, 3.63) is 51.2 Å². The van der Waals surface area contributed by atoms with Gasteiger partial charge in [-0.2, -0.15) is 0 Å². The van der Waals surface area contributed by atoms with Gasteiger partial charge in [0.2, 0.25) is 0 Å². The van der Waals surface area contributed by atoms with Gasteiger partial charge < -0.3 is 10.2 Å². The Morgan fingerprint density at radius 2 is 2.16 bits per heavy atom. The van der Waals surface area contributed by atoms with E-state index in [4.69, 9.17) is 11.6 Å². The van der Waals surface area contributed by atoms with Crippen LogP contribution in [0.5, 0.6) is 0 Å². The van der Waals surface area contributed by atoms with Gasteiger partial charge in [0.05, 0.1) is 17.3 Å². The van der Waals surface area contributed by atoms with E-state index in [1.165, 1.54) is 10.4 Å². The van der Waals surface area contributed by atoms with Gasteiger partial charge in [0.25, 0.3) is 0 Å². The average molecular weight is 295 g/mol. The van der Waals surface area contributed by atoms with Gasteiger partial charge in [-0.1, -0.05) is 23.7 Å². The lowest BCUT2D eigenvalue weighted by Crippen LogP contribution is -2.17. The fourth-order valence-corrected chi connectivity index (χ4v) is 3.08. The van der Waals surface area contributed by atoms with Gasteiger partial charge in [-0.25, -0.2) is 0 Å². The molecule has 1 aromatic heterocycles. The van der Waals surface area contributed by atoms with E-state index < -0.39 is 0 Å². The highest BCUT2D eigenvalue weighted by Gasteiger charge is 2.10. The van der Waals surface area contributed by atoms with Crippen LogP contribution in [0.15, 0.2) is 35.7 Å². The van der Waals surface area contributed by atoms with Crippen LogP contribution < -0.4 is 10.2 Å². The molecule has 0 aliphatic heterocycles. The maximum atomic E-state index is 6.40. The Morgan fingerprint density at radius 3 is 2.74 bits per heavy atom. The monoisotopic (exact) mass is 294 g/mol. The molecule has 2 nitrogen and oxygen atoms in total. The summed E-state index contributed by atoms with van der Waals surface area (Å²) >= 11 is 8.17. The van der Waals surface area contributed by atoms with Crippen molar-refractivity contribution in [2.24, 2.45) is 0 Å². The van der Waals surface area contributed by atoms with E-state index in [9.17, 15) is 0 Å². The lowest BCUT2D eigenvalue weighted by molar-refractivity contribution is 0.652. The Balaban J connectivity index is 2.16. The smallest absolute Gasteiger partial charge is 0.0642 e.